The summed E-state index contributed by atoms with van der Waals surface area (Å²) in [5.74, 6) is 1.48. The van der Waals surface area contributed by atoms with Gasteiger partial charge in [0.1, 0.15) is 5.82 Å². The van der Waals surface area contributed by atoms with Crippen LogP contribution < -0.4 is 5.32 Å². The van der Waals surface area contributed by atoms with Gasteiger partial charge in [-0.15, -0.1) is 0 Å². The molecule has 5 nitrogen and oxygen atoms in total. The molecule has 2 aliphatic rings. The zero-order valence-electron chi connectivity index (χ0n) is 15.3. The van der Waals surface area contributed by atoms with Crippen LogP contribution in [0.1, 0.15) is 37.1 Å². The lowest BCUT2D eigenvalue weighted by Gasteiger charge is -2.26. The minimum Gasteiger partial charge on any atom is -0.378 e. The molecule has 0 bridgehead atoms. The molecule has 5 heteroatoms. The fourth-order valence-corrected chi connectivity index (χ4v) is 4.03. The van der Waals surface area contributed by atoms with Crippen molar-refractivity contribution in [3.63, 3.8) is 0 Å². The second-order valence-corrected chi connectivity index (χ2v) is 7.38. The molecule has 2 atom stereocenters. The van der Waals surface area contributed by atoms with Crippen LogP contribution in [-0.4, -0.2) is 26.4 Å². The van der Waals surface area contributed by atoms with Crippen molar-refractivity contribution in [3.05, 3.63) is 65.9 Å². The van der Waals surface area contributed by atoms with Crippen LogP contribution in [0.2, 0.25) is 0 Å². The summed E-state index contributed by atoms with van der Waals surface area (Å²) in [5.41, 5.74) is 1.90. The van der Waals surface area contributed by atoms with E-state index in [4.69, 9.17) is 0 Å². The van der Waals surface area contributed by atoms with Gasteiger partial charge in [-0.3, -0.25) is 4.79 Å². The predicted octanol–water partition coefficient (Wildman–Crippen LogP) is 2.99. The van der Waals surface area contributed by atoms with Gasteiger partial charge in [0.15, 0.2) is 0 Å². The van der Waals surface area contributed by atoms with E-state index in [0.717, 1.165) is 23.5 Å². The van der Waals surface area contributed by atoms with Crippen LogP contribution in [0.15, 0.2) is 54.5 Å². The second kappa shape index (κ2) is 7.36. The first kappa shape index (κ1) is 16.9. The molecule has 26 heavy (non-hydrogen) atoms. The van der Waals surface area contributed by atoms with E-state index in [1.807, 2.05) is 40.9 Å². The number of hydrogen-bond donors (Lipinski definition) is 1. The molecule has 136 valence electrons. The fraction of sp³-hybridized carbons (Fsp3) is 0.429. The molecule has 0 spiro atoms. The third-order valence-electron chi connectivity index (χ3n) is 5.53. The normalized spacial score (nSPS) is 21.7. The van der Waals surface area contributed by atoms with E-state index in [2.05, 4.69) is 28.5 Å². The van der Waals surface area contributed by atoms with Crippen LogP contribution in [-0.2, 0) is 24.9 Å². The summed E-state index contributed by atoms with van der Waals surface area (Å²) in [6.07, 6.45) is 10.7. The topological polar surface area (TPSA) is 50.2 Å². The number of carbonyl (C=O) groups is 1. The van der Waals surface area contributed by atoms with Gasteiger partial charge in [-0.25, -0.2) is 4.98 Å². The Kier molecular flexibility index (Phi) is 4.78. The lowest BCUT2D eigenvalue weighted by molar-refractivity contribution is -0.128. The highest BCUT2D eigenvalue weighted by Crippen LogP contribution is 2.31. The molecule has 1 aromatic heterocycles. The van der Waals surface area contributed by atoms with Gasteiger partial charge in [-0.2, -0.15) is 0 Å². The van der Waals surface area contributed by atoms with Crippen molar-refractivity contribution in [1.82, 2.24) is 19.8 Å². The van der Waals surface area contributed by atoms with Crippen molar-refractivity contribution in [3.8, 4) is 0 Å². The van der Waals surface area contributed by atoms with Gasteiger partial charge >= 0.3 is 0 Å². The Morgan fingerprint density at radius 1 is 1.23 bits per heavy atom. The highest BCUT2D eigenvalue weighted by molar-refractivity contribution is 5.93. The van der Waals surface area contributed by atoms with E-state index in [1.165, 1.54) is 19.3 Å². The van der Waals surface area contributed by atoms with Crippen molar-refractivity contribution in [2.75, 3.05) is 0 Å². The highest BCUT2D eigenvalue weighted by Gasteiger charge is 2.33. The van der Waals surface area contributed by atoms with Crippen LogP contribution in [0, 0.1) is 5.92 Å². The first-order valence-corrected chi connectivity index (χ1v) is 9.48. The zero-order chi connectivity index (χ0) is 17.9. The largest absolute Gasteiger partial charge is 0.378 e. The Labute approximate surface area is 154 Å². The number of nitrogens with zero attached hydrogens (tertiary/aromatic N) is 3. The van der Waals surface area contributed by atoms with Crippen LogP contribution in [0.5, 0.6) is 0 Å². The molecule has 1 fully saturated rings. The molecule has 1 aliphatic carbocycles. The third kappa shape index (κ3) is 3.52. The van der Waals surface area contributed by atoms with E-state index in [-0.39, 0.29) is 5.91 Å². The maximum absolute atomic E-state index is 13.3. The number of rotatable bonds is 5. The van der Waals surface area contributed by atoms with Gasteiger partial charge in [0.25, 0.3) is 5.91 Å². The highest BCUT2D eigenvalue weighted by atomic mass is 16.2. The summed E-state index contributed by atoms with van der Waals surface area (Å²) < 4.78 is 1.97. The van der Waals surface area contributed by atoms with Crippen molar-refractivity contribution in [2.24, 2.45) is 13.0 Å². The summed E-state index contributed by atoms with van der Waals surface area (Å²) >= 11 is 0. The molecule has 0 saturated heterocycles. The smallest absolute Gasteiger partial charge is 0.270 e. The van der Waals surface area contributed by atoms with Gasteiger partial charge in [-0.1, -0.05) is 49.2 Å². The lowest BCUT2D eigenvalue weighted by Crippen LogP contribution is -2.38. The number of hydrogen-bond acceptors (Lipinski definition) is 3. The molecular weight excluding hydrogens is 324 g/mol. The van der Waals surface area contributed by atoms with Gasteiger partial charge in [-0.05, 0) is 24.3 Å². The number of benzene rings is 1. The monoisotopic (exact) mass is 350 g/mol. The van der Waals surface area contributed by atoms with E-state index >= 15 is 0 Å². The SMILES string of the molecule is Cn1ccnc1CN(Cc1ccccc1)C(=O)C1=CC2CCCCC2N1. The van der Waals surface area contributed by atoms with Gasteiger partial charge in [0.2, 0.25) is 0 Å². The summed E-state index contributed by atoms with van der Waals surface area (Å²) in [6.45, 7) is 1.09. The molecular formula is C21H26N4O. The van der Waals surface area contributed by atoms with E-state index < -0.39 is 0 Å². The quantitative estimate of drug-likeness (QED) is 0.902. The summed E-state index contributed by atoms with van der Waals surface area (Å²) in [4.78, 5) is 19.6. The number of aromatic nitrogens is 2. The van der Waals surface area contributed by atoms with E-state index in [0.29, 0.717) is 25.0 Å². The molecule has 1 aliphatic heterocycles. The van der Waals surface area contributed by atoms with Crippen LogP contribution in [0.25, 0.3) is 0 Å². The fourth-order valence-electron chi connectivity index (χ4n) is 4.03. The minimum atomic E-state index is 0.0752. The molecule has 2 aromatic rings. The van der Waals surface area contributed by atoms with E-state index in [1.54, 1.807) is 6.20 Å². The van der Waals surface area contributed by atoms with Gasteiger partial charge in [0.05, 0.1) is 12.2 Å². The number of aryl methyl sites for hydroxylation is 1. The number of nitrogens with one attached hydrogen (secondary N) is 1. The van der Waals surface area contributed by atoms with Crippen molar-refractivity contribution < 1.29 is 4.79 Å². The first-order chi connectivity index (χ1) is 12.7. The maximum Gasteiger partial charge on any atom is 0.270 e. The molecule has 0 radical (unpaired) electrons. The summed E-state index contributed by atoms with van der Waals surface area (Å²) in [6, 6.07) is 10.6. The maximum atomic E-state index is 13.3. The van der Waals surface area contributed by atoms with Crippen molar-refractivity contribution in [2.45, 2.75) is 44.8 Å². The Hall–Kier alpha value is -2.56. The Morgan fingerprint density at radius 2 is 2.04 bits per heavy atom. The number of amides is 1. The van der Waals surface area contributed by atoms with Crippen LogP contribution in [0.3, 0.4) is 0 Å². The van der Waals surface area contributed by atoms with Crippen LogP contribution >= 0.6 is 0 Å². The van der Waals surface area contributed by atoms with Gasteiger partial charge < -0.3 is 14.8 Å². The lowest BCUT2D eigenvalue weighted by atomic mass is 9.86. The summed E-state index contributed by atoms with van der Waals surface area (Å²) in [5, 5.41) is 3.50. The van der Waals surface area contributed by atoms with Crippen molar-refractivity contribution >= 4 is 5.91 Å². The molecule has 2 unspecified atom stereocenters. The number of imidazole rings is 1. The molecule has 1 saturated carbocycles. The van der Waals surface area contributed by atoms with E-state index in [9.17, 15) is 4.79 Å². The Morgan fingerprint density at radius 3 is 2.77 bits per heavy atom. The second-order valence-electron chi connectivity index (χ2n) is 7.38. The average Bonchev–Trinajstić information content (AvgIpc) is 3.27. The molecule has 2 heterocycles. The Balaban J connectivity index is 1.55. The minimum absolute atomic E-state index is 0.0752. The van der Waals surface area contributed by atoms with Gasteiger partial charge in [0, 0.05) is 32.0 Å². The third-order valence-corrected chi connectivity index (χ3v) is 5.53. The number of carbonyl (C=O) groups excluding carboxylic acids is 1. The summed E-state index contributed by atoms with van der Waals surface area (Å²) in [7, 11) is 1.97. The molecule has 1 aromatic carbocycles. The average molecular weight is 350 g/mol. The zero-order valence-corrected chi connectivity index (χ0v) is 15.3. The molecule has 1 N–H and O–H groups in total. The number of fused-ring (bicyclic) bond motifs is 1. The Bertz CT molecular complexity index is 795. The van der Waals surface area contributed by atoms with Crippen LogP contribution in [0.4, 0.5) is 0 Å². The molecule has 4 rings (SSSR count). The first-order valence-electron chi connectivity index (χ1n) is 9.48. The van der Waals surface area contributed by atoms with Crippen molar-refractivity contribution in [1.29, 1.82) is 0 Å². The molecule has 1 amide bonds. The predicted molar refractivity (Wildman–Crippen MR) is 101 cm³/mol. The standard InChI is InChI=1S/C21H26N4O/c1-24-12-11-22-20(24)15-25(14-16-7-3-2-4-8-16)21(26)19-13-17-9-5-6-10-18(17)23-19/h2-4,7-8,11-13,17-18,23H,5-6,9-10,14-15H2,1H3.